The fourth-order valence-corrected chi connectivity index (χ4v) is 3.03. The molecule has 0 aromatic carbocycles. The number of nitrogens with two attached hydrogens (primary N) is 1. The first kappa shape index (κ1) is 14.1. The molecule has 0 spiro atoms. The number of aromatic nitrogens is 2. The highest BCUT2D eigenvalue weighted by molar-refractivity contribution is 5.58. The van der Waals surface area contributed by atoms with E-state index in [2.05, 4.69) is 41.1 Å². The summed E-state index contributed by atoms with van der Waals surface area (Å²) < 4.78 is 0. The fraction of sp³-hybridized carbons (Fsp3) is 0.714. The summed E-state index contributed by atoms with van der Waals surface area (Å²) in [5.41, 5.74) is 3.70. The Labute approximate surface area is 115 Å². The van der Waals surface area contributed by atoms with Gasteiger partial charge in [0.15, 0.2) is 0 Å². The van der Waals surface area contributed by atoms with Gasteiger partial charge in [-0.05, 0) is 39.0 Å². The summed E-state index contributed by atoms with van der Waals surface area (Å²) in [5, 5.41) is 0. The Bertz CT molecular complexity index is 459. The number of hydrogen-bond acceptors (Lipinski definition) is 5. The first-order valence-corrected chi connectivity index (χ1v) is 7.02. The van der Waals surface area contributed by atoms with Gasteiger partial charge in [0.05, 0.1) is 0 Å². The van der Waals surface area contributed by atoms with Crippen molar-refractivity contribution in [2.24, 2.45) is 17.7 Å². The van der Waals surface area contributed by atoms with Crippen LogP contribution in [0.15, 0.2) is 0 Å². The van der Waals surface area contributed by atoms with E-state index >= 15 is 0 Å². The van der Waals surface area contributed by atoms with Crippen molar-refractivity contribution in [3.8, 4) is 0 Å². The molecule has 5 nitrogen and oxygen atoms in total. The minimum atomic E-state index is 0.495. The van der Waals surface area contributed by atoms with Crippen LogP contribution in [0.1, 0.15) is 38.6 Å². The molecule has 2 rings (SSSR count). The van der Waals surface area contributed by atoms with Crippen LogP contribution in [0, 0.1) is 25.7 Å². The van der Waals surface area contributed by atoms with Crippen molar-refractivity contribution < 1.29 is 0 Å². The lowest BCUT2D eigenvalue weighted by atomic mass is 9.86. The highest BCUT2D eigenvalue weighted by Gasteiger charge is 2.31. The number of hydrazine groups is 1. The molecule has 2 heterocycles. The molecular formula is C14H25N5. The molecule has 19 heavy (non-hydrogen) atoms. The normalized spacial score (nSPS) is 27.5. The van der Waals surface area contributed by atoms with E-state index in [4.69, 9.17) is 5.84 Å². The smallest absolute Gasteiger partial charge is 0.148 e. The van der Waals surface area contributed by atoms with E-state index in [0.29, 0.717) is 17.9 Å². The third-order valence-corrected chi connectivity index (χ3v) is 4.24. The molecule has 0 saturated carbocycles. The quantitative estimate of drug-likeness (QED) is 0.633. The minimum Gasteiger partial charge on any atom is -0.353 e. The fourth-order valence-electron chi connectivity index (χ4n) is 3.03. The number of piperidine rings is 1. The zero-order valence-corrected chi connectivity index (χ0v) is 12.6. The number of nitrogens with zero attached hydrogens (tertiary/aromatic N) is 3. The molecule has 0 bridgehead atoms. The van der Waals surface area contributed by atoms with Gasteiger partial charge in [0.25, 0.3) is 0 Å². The summed E-state index contributed by atoms with van der Waals surface area (Å²) in [5.74, 6) is 9.41. The van der Waals surface area contributed by atoms with Gasteiger partial charge in [0, 0.05) is 18.2 Å². The van der Waals surface area contributed by atoms with Gasteiger partial charge in [0.2, 0.25) is 0 Å². The Morgan fingerprint density at radius 3 is 2.53 bits per heavy atom. The number of rotatable bonds is 2. The molecule has 1 aromatic heterocycles. The zero-order valence-electron chi connectivity index (χ0n) is 12.6. The van der Waals surface area contributed by atoms with Crippen LogP contribution >= 0.6 is 0 Å². The maximum atomic E-state index is 5.55. The molecule has 3 unspecified atom stereocenters. The van der Waals surface area contributed by atoms with E-state index in [0.717, 1.165) is 29.6 Å². The van der Waals surface area contributed by atoms with Gasteiger partial charge in [-0.3, -0.25) is 0 Å². The topological polar surface area (TPSA) is 67.1 Å². The average molecular weight is 263 g/mol. The molecule has 3 atom stereocenters. The van der Waals surface area contributed by atoms with Crippen molar-refractivity contribution >= 4 is 11.6 Å². The molecule has 1 fully saturated rings. The van der Waals surface area contributed by atoms with Crippen LogP contribution in [0.3, 0.4) is 0 Å². The van der Waals surface area contributed by atoms with Crippen molar-refractivity contribution in [3.63, 3.8) is 0 Å². The maximum absolute atomic E-state index is 5.55. The lowest BCUT2D eigenvalue weighted by molar-refractivity contribution is 0.295. The predicted octanol–water partition coefficient (Wildman–Crippen LogP) is 2.25. The molecule has 106 valence electrons. The van der Waals surface area contributed by atoms with Gasteiger partial charge < -0.3 is 10.3 Å². The van der Waals surface area contributed by atoms with Crippen LogP contribution in [-0.2, 0) is 0 Å². The van der Waals surface area contributed by atoms with E-state index in [1.165, 1.54) is 6.42 Å². The predicted molar refractivity (Wildman–Crippen MR) is 79.1 cm³/mol. The summed E-state index contributed by atoms with van der Waals surface area (Å²) in [7, 11) is 0. The third kappa shape index (κ3) is 2.66. The lowest BCUT2D eigenvalue weighted by Gasteiger charge is -2.42. The summed E-state index contributed by atoms with van der Waals surface area (Å²) in [6.07, 6.45) is 1.28. The van der Waals surface area contributed by atoms with Gasteiger partial charge >= 0.3 is 0 Å². The standard InChI is InChI=1S/C14H25N5/c1-8-6-9(2)11(4)19(7-8)14-10(3)13(18-15)16-12(5)17-14/h8-9,11H,6-7,15H2,1-5H3,(H,16,17,18). The number of nitrogen functional groups attached to an aromatic ring is 1. The van der Waals surface area contributed by atoms with Crippen molar-refractivity contribution in [2.75, 3.05) is 16.9 Å². The van der Waals surface area contributed by atoms with Crippen LogP contribution in [-0.4, -0.2) is 22.6 Å². The second kappa shape index (κ2) is 5.33. The minimum absolute atomic E-state index is 0.495. The van der Waals surface area contributed by atoms with E-state index < -0.39 is 0 Å². The maximum Gasteiger partial charge on any atom is 0.148 e. The Kier molecular flexibility index (Phi) is 3.94. The average Bonchev–Trinajstić information content (AvgIpc) is 2.36. The van der Waals surface area contributed by atoms with E-state index in [1.54, 1.807) is 0 Å². The molecule has 1 saturated heterocycles. The molecule has 1 aromatic rings. The Morgan fingerprint density at radius 2 is 1.89 bits per heavy atom. The van der Waals surface area contributed by atoms with E-state index in [1.807, 2.05) is 13.8 Å². The SMILES string of the molecule is Cc1nc(NN)c(C)c(N2CC(C)CC(C)C2C)n1. The molecular weight excluding hydrogens is 238 g/mol. The summed E-state index contributed by atoms with van der Waals surface area (Å²) >= 11 is 0. The second-order valence-electron chi connectivity index (χ2n) is 5.92. The van der Waals surface area contributed by atoms with Gasteiger partial charge in [-0.2, -0.15) is 0 Å². The van der Waals surface area contributed by atoms with E-state index in [9.17, 15) is 0 Å². The molecule has 5 heteroatoms. The highest BCUT2D eigenvalue weighted by atomic mass is 15.3. The largest absolute Gasteiger partial charge is 0.353 e. The Morgan fingerprint density at radius 1 is 1.21 bits per heavy atom. The monoisotopic (exact) mass is 263 g/mol. The Balaban J connectivity index is 2.42. The number of nitrogens with one attached hydrogen (secondary N) is 1. The van der Waals surface area contributed by atoms with Crippen molar-refractivity contribution in [2.45, 2.75) is 47.1 Å². The molecule has 0 amide bonds. The second-order valence-corrected chi connectivity index (χ2v) is 5.92. The Hall–Kier alpha value is -1.36. The first-order chi connectivity index (χ1) is 8.93. The number of hydrogen-bond donors (Lipinski definition) is 2. The lowest BCUT2D eigenvalue weighted by Crippen LogP contribution is -2.46. The van der Waals surface area contributed by atoms with Crippen LogP contribution in [0.2, 0.25) is 0 Å². The highest BCUT2D eigenvalue weighted by Crippen LogP contribution is 2.33. The van der Waals surface area contributed by atoms with Crippen molar-refractivity contribution in [1.29, 1.82) is 0 Å². The number of aryl methyl sites for hydroxylation is 1. The van der Waals surface area contributed by atoms with Gasteiger partial charge in [-0.25, -0.2) is 15.8 Å². The molecule has 1 aliphatic heterocycles. The van der Waals surface area contributed by atoms with E-state index in [-0.39, 0.29) is 0 Å². The van der Waals surface area contributed by atoms with Crippen LogP contribution in [0.5, 0.6) is 0 Å². The number of anilines is 2. The molecule has 1 aliphatic rings. The molecule has 3 N–H and O–H groups in total. The van der Waals surface area contributed by atoms with Gasteiger partial charge in [-0.1, -0.05) is 13.8 Å². The van der Waals surface area contributed by atoms with Crippen LogP contribution in [0.25, 0.3) is 0 Å². The van der Waals surface area contributed by atoms with Crippen molar-refractivity contribution in [1.82, 2.24) is 9.97 Å². The summed E-state index contributed by atoms with van der Waals surface area (Å²) in [6, 6.07) is 0.495. The first-order valence-electron chi connectivity index (χ1n) is 7.02. The zero-order chi connectivity index (χ0) is 14.2. The molecule has 0 radical (unpaired) electrons. The van der Waals surface area contributed by atoms with Gasteiger partial charge in [-0.15, -0.1) is 0 Å². The van der Waals surface area contributed by atoms with Crippen molar-refractivity contribution in [3.05, 3.63) is 11.4 Å². The van der Waals surface area contributed by atoms with Crippen LogP contribution in [0.4, 0.5) is 11.6 Å². The van der Waals surface area contributed by atoms with Crippen LogP contribution < -0.4 is 16.2 Å². The van der Waals surface area contributed by atoms with Gasteiger partial charge in [0.1, 0.15) is 17.5 Å². The summed E-state index contributed by atoms with van der Waals surface area (Å²) in [4.78, 5) is 11.4. The summed E-state index contributed by atoms with van der Waals surface area (Å²) in [6.45, 7) is 11.9. The third-order valence-electron chi connectivity index (χ3n) is 4.24. The molecule has 0 aliphatic carbocycles.